The van der Waals surface area contributed by atoms with Gasteiger partial charge in [-0.25, -0.2) is 0 Å². The van der Waals surface area contributed by atoms with E-state index in [0.717, 1.165) is 17.0 Å². The van der Waals surface area contributed by atoms with Crippen LogP contribution >= 0.6 is 11.6 Å². The highest BCUT2D eigenvalue weighted by Crippen LogP contribution is 2.24. The van der Waals surface area contributed by atoms with Crippen molar-refractivity contribution in [1.82, 2.24) is 14.9 Å². The summed E-state index contributed by atoms with van der Waals surface area (Å²) in [5.41, 5.74) is 5.35. The second-order valence-electron chi connectivity index (χ2n) is 7.96. The van der Waals surface area contributed by atoms with Crippen LogP contribution in [-0.4, -0.2) is 20.8 Å². The molecule has 33 heavy (non-hydrogen) atoms. The number of amides is 1. The topological polar surface area (TPSA) is 82.2 Å². The Hall–Kier alpha value is -3.58. The molecule has 8 heteroatoms. The summed E-state index contributed by atoms with van der Waals surface area (Å²) in [6, 6.07) is 15.4. The number of aromatic nitrogens is 3. The largest absolute Gasteiger partial charge is 0.489 e. The van der Waals surface area contributed by atoms with Crippen molar-refractivity contribution in [2.24, 2.45) is 0 Å². The summed E-state index contributed by atoms with van der Waals surface area (Å²) in [5, 5.41) is 12.1. The molecule has 2 heterocycles. The van der Waals surface area contributed by atoms with E-state index < -0.39 is 0 Å². The van der Waals surface area contributed by atoms with E-state index >= 15 is 0 Å². The first-order chi connectivity index (χ1) is 15.8. The lowest BCUT2D eigenvalue weighted by atomic mass is 10.1. The average molecular weight is 465 g/mol. The first-order valence-electron chi connectivity index (χ1n) is 10.6. The van der Waals surface area contributed by atoms with Crippen molar-refractivity contribution in [2.75, 3.05) is 5.32 Å². The molecule has 1 N–H and O–H groups in total. The third kappa shape index (κ3) is 5.09. The number of carbonyl (C=O) groups is 1. The van der Waals surface area contributed by atoms with Gasteiger partial charge in [0.2, 0.25) is 0 Å². The molecule has 1 amide bonds. The minimum Gasteiger partial charge on any atom is -0.489 e. The smallest absolute Gasteiger partial charge is 0.278 e. The summed E-state index contributed by atoms with van der Waals surface area (Å²) < 4.78 is 13.0. The maximum absolute atomic E-state index is 13.1. The number of aryl methyl sites for hydroxylation is 3. The Bertz CT molecular complexity index is 1290. The minimum absolute atomic E-state index is 0.128. The van der Waals surface area contributed by atoms with Gasteiger partial charge in [-0.1, -0.05) is 52.7 Å². The maximum Gasteiger partial charge on any atom is 0.278 e. The van der Waals surface area contributed by atoms with Gasteiger partial charge in [-0.15, -0.1) is 0 Å². The highest BCUT2D eigenvalue weighted by Gasteiger charge is 2.23. The summed E-state index contributed by atoms with van der Waals surface area (Å²) in [6.45, 7) is 8.34. The predicted molar refractivity (Wildman–Crippen MR) is 127 cm³/mol. The predicted octanol–water partition coefficient (Wildman–Crippen LogP) is 5.64. The van der Waals surface area contributed by atoms with Crippen LogP contribution in [0.5, 0.6) is 5.75 Å². The summed E-state index contributed by atoms with van der Waals surface area (Å²) in [7, 11) is 0. The third-order valence-electron chi connectivity index (χ3n) is 5.45. The maximum atomic E-state index is 13.1. The second-order valence-corrected chi connectivity index (χ2v) is 8.39. The van der Waals surface area contributed by atoms with Gasteiger partial charge in [-0.3, -0.25) is 9.48 Å². The van der Waals surface area contributed by atoms with E-state index in [2.05, 4.69) is 46.8 Å². The number of rotatable bonds is 7. The Morgan fingerprint density at radius 3 is 2.61 bits per heavy atom. The van der Waals surface area contributed by atoms with Crippen LogP contribution in [-0.2, 0) is 13.2 Å². The van der Waals surface area contributed by atoms with Crippen LogP contribution in [0.3, 0.4) is 0 Å². The number of benzene rings is 2. The van der Waals surface area contributed by atoms with Gasteiger partial charge < -0.3 is 14.6 Å². The number of nitrogens with zero attached hydrogens (tertiary/aromatic N) is 3. The van der Waals surface area contributed by atoms with E-state index in [1.165, 1.54) is 5.56 Å². The van der Waals surface area contributed by atoms with Gasteiger partial charge in [0.1, 0.15) is 18.1 Å². The fourth-order valence-electron chi connectivity index (χ4n) is 3.52. The molecule has 0 atom stereocenters. The van der Waals surface area contributed by atoms with Crippen LogP contribution in [0.1, 0.15) is 44.3 Å². The molecule has 4 rings (SSSR count). The molecular formula is C25H25ClN4O3. The zero-order valence-electron chi connectivity index (χ0n) is 19.0. The van der Waals surface area contributed by atoms with E-state index in [1.807, 2.05) is 18.5 Å². The minimum atomic E-state index is -0.377. The van der Waals surface area contributed by atoms with Crippen molar-refractivity contribution >= 4 is 23.2 Å². The number of hydrogen-bond acceptors (Lipinski definition) is 5. The average Bonchev–Trinajstić information content (AvgIpc) is 3.28. The van der Waals surface area contributed by atoms with Crippen molar-refractivity contribution in [3.8, 4) is 5.75 Å². The quantitative estimate of drug-likeness (QED) is 0.383. The Morgan fingerprint density at radius 2 is 1.88 bits per heavy atom. The van der Waals surface area contributed by atoms with Crippen LogP contribution < -0.4 is 10.1 Å². The molecule has 0 saturated heterocycles. The zero-order chi connectivity index (χ0) is 23.5. The first-order valence-corrected chi connectivity index (χ1v) is 10.9. The van der Waals surface area contributed by atoms with E-state index in [9.17, 15) is 4.79 Å². The highest BCUT2D eigenvalue weighted by atomic mass is 35.5. The molecule has 0 aliphatic heterocycles. The Kier molecular flexibility index (Phi) is 6.51. The highest BCUT2D eigenvalue weighted by molar-refractivity contribution is 6.30. The van der Waals surface area contributed by atoms with Gasteiger partial charge in [0.05, 0.1) is 29.2 Å². The molecular weight excluding hydrogens is 440 g/mol. The van der Waals surface area contributed by atoms with E-state index in [4.69, 9.17) is 20.9 Å². The molecule has 170 valence electrons. The monoisotopic (exact) mass is 464 g/mol. The van der Waals surface area contributed by atoms with Crippen molar-refractivity contribution in [2.45, 2.75) is 40.8 Å². The van der Waals surface area contributed by atoms with Crippen LogP contribution in [0, 0.1) is 27.7 Å². The molecule has 0 bridgehead atoms. The van der Waals surface area contributed by atoms with Crippen LogP contribution in [0.4, 0.5) is 5.69 Å². The Labute approximate surface area is 197 Å². The normalized spacial score (nSPS) is 10.9. The Balaban J connectivity index is 1.51. The van der Waals surface area contributed by atoms with E-state index in [1.54, 1.807) is 31.2 Å². The number of halogens is 1. The van der Waals surface area contributed by atoms with Gasteiger partial charge in [0, 0.05) is 5.02 Å². The van der Waals surface area contributed by atoms with E-state index in [-0.39, 0.29) is 18.2 Å². The number of carbonyl (C=O) groups excluding carboxylic acids is 1. The van der Waals surface area contributed by atoms with Crippen LogP contribution in [0.25, 0.3) is 0 Å². The lowest BCUT2D eigenvalue weighted by Gasteiger charge is -2.09. The lowest BCUT2D eigenvalue weighted by Crippen LogP contribution is -2.16. The Morgan fingerprint density at radius 1 is 1.12 bits per heavy atom. The number of hydrogen-bond donors (Lipinski definition) is 1. The van der Waals surface area contributed by atoms with Crippen molar-refractivity contribution in [1.29, 1.82) is 0 Å². The number of ether oxygens (including phenoxy) is 1. The van der Waals surface area contributed by atoms with Gasteiger partial charge >= 0.3 is 0 Å². The van der Waals surface area contributed by atoms with Crippen LogP contribution in [0.15, 0.2) is 53.1 Å². The fourth-order valence-corrected chi connectivity index (χ4v) is 3.70. The summed E-state index contributed by atoms with van der Waals surface area (Å²) in [4.78, 5) is 13.1. The molecule has 0 aliphatic carbocycles. The fraction of sp³-hybridized carbons (Fsp3) is 0.240. The molecule has 0 radical (unpaired) electrons. The SMILES string of the molecule is Cc1ccc(Cn2nc(C)c(NC(=O)c3noc(C)c3COc3cccc(Cl)c3)c2C)cc1. The first kappa shape index (κ1) is 22.6. The van der Waals surface area contributed by atoms with Gasteiger partial charge in [-0.2, -0.15) is 5.10 Å². The van der Waals surface area contributed by atoms with Gasteiger partial charge in [0.25, 0.3) is 5.91 Å². The standard InChI is InChI=1S/C25H25ClN4O3/c1-15-8-10-19(11-9-15)13-30-17(3)23(16(2)28-30)27-25(31)24-22(18(4)33-29-24)14-32-21-7-5-6-20(26)12-21/h5-12H,13-14H2,1-4H3,(H,27,31). The molecule has 4 aromatic rings. The van der Waals surface area contributed by atoms with Gasteiger partial charge in [0.15, 0.2) is 5.69 Å². The molecule has 2 aromatic carbocycles. The summed E-state index contributed by atoms with van der Waals surface area (Å²) in [5.74, 6) is 0.738. The second kappa shape index (κ2) is 9.50. The van der Waals surface area contributed by atoms with Crippen LogP contribution in [0.2, 0.25) is 5.02 Å². The van der Waals surface area contributed by atoms with Crippen molar-refractivity contribution in [3.05, 3.63) is 93.1 Å². The van der Waals surface area contributed by atoms with Gasteiger partial charge in [-0.05, 0) is 51.5 Å². The molecule has 2 aromatic heterocycles. The number of anilines is 1. The van der Waals surface area contributed by atoms with Crippen molar-refractivity contribution in [3.63, 3.8) is 0 Å². The molecule has 0 aliphatic rings. The lowest BCUT2D eigenvalue weighted by molar-refractivity contribution is 0.101. The zero-order valence-corrected chi connectivity index (χ0v) is 19.7. The molecule has 0 saturated carbocycles. The van der Waals surface area contributed by atoms with Crippen molar-refractivity contribution < 1.29 is 14.1 Å². The summed E-state index contributed by atoms with van der Waals surface area (Å²) >= 11 is 6.02. The molecule has 0 unspecified atom stereocenters. The van der Waals surface area contributed by atoms with E-state index in [0.29, 0.717) is 34.3 Å². The summed E-state index contributed by atoms with van der Waals surface area (Å²) in [6.07, 6.45) is 0. The number of nitrogens with one attached hydrogen (secondary N) is 1. The third-order valence-corrected chi connectivity index (χ3v) is 5.69. The molecule has 0 fully saturated rings. The molecule has 0 spiro atoms. The molecule has 7 nitrogen and oxygen atoms in total.